The summed E-state index contributed by atoms with van der Waals surface area (Å²) in [7, 11) is 0. The largest absolute Gasteiger partial charge is 0.394 e. The van der Waals surface area contributed by atoms with E-state index >= 15 is 0 Å². The third kappa shape index (κ3) is 3.65. The normalized spacial score (nSPS) is 51.7. The molecule has 2 heterocycles. The zero-order valence-corrected chi connectivity index (χ0v) is 12.0. The molecular weight excluding hydrogens is 320 g/mol. The van der Waals surface area contributed by atoms with Crippen molar-refractivity contribution in [1.29, 1.82) is 0 Å². The first-order valence-corrected chi connectivity index (χ1v) is 7.08. The van der Waals surface area contributed by atoms with Crippen LogP contribution in [0.25, 0.3) is 0 Å². The third-order valence-corrected chi connectivity index (χ3v) is 3.98. The summed E-state index contributed by atoms with van der Waals surface area (Å²) in [4.78, 5) is 0. The topological polar surface area (TPSA) is 190 Å². The van der Waals surface area contributed by atoms with E-state index in [1.807, 2.05) is 0 Å². The Morgan fingerprint density at radius 3 is 1.83 bits per heavy atom. The smallest absolute Gasteiger partial charge is 0.187 e. The molecule has 2 aliphatic heterocycles. The fraction of sp³-hybridized carbons (Fsp3) is 1.00. The Labute approximate surface area is 130 Å². The second-order valence-corrected chi connectivity index (χ2v) is 5.53. The van der Waals surface area contributed by atoms with Gasteiger partial charge in [-0.15, -0.1) is 0 Å². The predicted molar refractivity (Wildman–Crippen MR) is 68.6 cm³/mol. The lowest BCUT2D eigenvalue weighted by molar-refractivity contribution is -0.355. The summed E-state index contributed by atoms with van der Waals surface area (Å²) < 4.78 is 15.3. The molecule has 11 heteroatoms. The molecule has 2 saturated heterocycles. The number of rotatable bonds is 4. The van der Waals surface area contributed by atoms with Crippen LogP contribution in [0, 0.1) is 0 Å². The van der Waals surface area contributed by atoms with Crippen LogP contribution in [0.5, 0.6) is 0 Å². The number of ether oxygens (including phenoxy) is 3. The van der Waals surface area contributed by atoms with E-state index in [1.165, 1.54) is 0 Å². The van der Waals surface area contributed by atoms with E-state index in [4.69, 9.17) is 19.3 Å². The Morgan fingerprint density at radius 1 is 0.652 bits per heavy atom. The predicted octanol–water partition coefficient (Wildman–Crippen LogP) is -5.40. The molecule has 0 bridgehead atoms. The maximum Gasteiger partial charge on any atom is 0.187 e. The lowest BCUT2D eigenvalue weighted by Crippen LogP contribution is -2.64. The third-order valence-electron chi connectivity index (χ3n) is 3.98. The molecule has 10 atom stereocenters. The first-order valence-electron chi connectivity index (χ1n) is 7.08. The molecule has 0 aromatic carbocycles. The molecule has 11 nitrogen and oxygen atoms in total. The van der Waals surface area contributed by atoms with Crippen molar-refractivity contribution in [2.45, 2.75) is 61.4 Å². The van der Waals surface area contributed by atoms with Crippen molar-refractivity contribution in [2.24, 2.45) is 0 Å². The van der Waals surface area contributed by atoms with E-state index in [-0.39, 0.29) is 0 Å². The van der Waals surface area contributed by atoms with Crippen molar-refractivity contribution in [3.05, 3.63) is 0 Å². The van der Waals surface area contributed by atoms with Gasteiger partial charge in [-0.2, -0.15) is 0 Å². The number of aliphatic hydroxyl groups is 8. The van der Waals surface area contributed by atoms with Crippen LogP contribution in [-0.2, 0) is 14.2 Å². The van der Waals surface area contributed by atoms with Gasteiger partial charge in [-0.05, 0) is 0 Å². The van der Waals surface area contributed by atoms with Crippen molar-refractivity contribution in [3.63, 3.8) is 0 Å². The summed E-state index contributed by atoms with van der Waals surface area (Å²) in [5, 5.41) is 76.5. The molecule has 2 aliphatic rings. The van der Waals surface area contributed by atoms with Gasteiger partial charge in [-0.3, -0.25) is 0 Å². The van der Waals surface area contributed by atoms with Crippen LogP contribution < -0.4 is 0 Å². The van der Waals surface area contributed by atoms with Crippen molar-refractivity contribution in [1.82, 2.24) is 0 Å². The van der Waals surface area contributed by atoms with E-state index in [9.17, 15) is 35.7 Å². The van der Waals surface area contributed by atoms with Crippen molar-refractivity contribution in [3.8, 4) is 0 Å². The molecule has 2 fully saturated rings. The summed E-state index contributed by atoms with van der Waals surface area (Å²) in [5.74, 6) is 0. The number of hydrogen-bond donors (Lipinski definition) is 8. The zero-order chi connectivity index (χ0) is 17.3. The van der Waals surface area contributed by atoms with Crippen LogP contribution in [0.15, 0.2) is 0 Å². The average Bonchev–Trinajstić information content (AvgIpc) is 2.55. The van der Waals surface area contributed by atoms with E-state index in [0.717, 1.165) is 0 Å². The second-order valence-electron chi connectivity index (χ2n) is 5.53. The molecule has 2 rings (SSSR count). The van der Waals surface area contributed by atoms with Gasteiger partial charge in [-0.1, -0.05) is 0 Å². The Morgan fingerprint density at radius 2 is 1.26 bits per heavy atom. The minimum absolute atomic E-state index is 0.667. The van der Waals surface area contributed by atoms with Crippen LogP contribution in [0.1, 0.15) is 0 Å². The van der Waals surface area contributed by atoms with E-state index in [1.54, 1.807) is 0 Å². The van der Waals surface area contributed by atoms with Crippen molar-refractivity contribution >= 4 is 0 Å². The van der Waals surface area contributed by atoms with E-state index < -0.39 is 74.6 Å². The Kier molecular flexibility index (Phi) is 6.27. The molecule has 0 aliphatic carbocycles. The van der Waals surface area contributed by atoms with Gasteiger partial charge in [-0.25, -0.2) is 0 Å². The fourth-order valence-electron chi connectivity index (χ4n) is 2.57. The summed E-state index contributed by atoms with van der Waals surface area (Å²) in [6.07, 6.45) is -15.6. The minimum atomic E-state index is -1.74. The molecule has 0 saturated carbocycles. The van der Waals surface area contributed by atoms with E-state index in [2.05, 4.69) is 0 Å². The fourth-order valence-corrected chi connectivity index (χ4v) is 2.57. The summed E-state index contributed by atoms with van der Waals surface area (Å²) in [6, 6.07) is 0. The van der Waals surface area contributed by atoms with Crippen LogP contribution >= 0.6 is 0 Å². The first-order chi connectivity index (χ1) is 10.8. The average molecular weight is 342 g/mol. The Balaban J connectivity index is 2.11. The molecule has 0 radical (unpaired) electrons. The monoisotopic (exact) mass is 342 g/mol. The standard InChI is InChI=1S/C12H22O11/c13-1-3-5(15)6(16)9(19)12(22-3)23-10-4(2-14)21-11(20)8(18)7(10)17/h3-20H,1-2H2/t3-,4-,5+,6-,7+,8+,9-,10+,11-,12-/m0/s1. The van der Waals surface area contributed by atoms with Crippen LogP contribution in [-0.4, -0.2) is 115 Å². The first kappa shape index (κ1) is 18.9. The lowest BCUT2D eigenvalue weighted by Gasteiger charge is -2.45. The van der Waals surface area contributed by atoms with Gasteiger partial charge < -0.3 is 55.1 Å². The highest BCUT2D eigenvalue weighted by Gasteiger charge is 2.50. The maximum atomic E-state index is 9.94. The molecule has 0 unspecified atom stereocenters. The molecule has 0 aromatic heterocycles. The van der Waals surface area contributed by atoms with Gasteiger partial charge in [0, 0.05) is 0 Å². The highest BCUT2D eigenvalue weighted by atomic mass is 16.7. The van der Waals surface area contributed by atoms with Gasteiger partial charge in [0.05, 0.1) is 13.2 Å². The van der Waals surface area contributed by atoms with E-state index in [0.29, 0.717) is 0 Å². The van der Waals surface area contributed by atoms with Crippen LogP contribution in [0.4, 0.5) is 0 Å². The molecule has 0 aromatic rings. The van der Waals surface area contributed by atoms with Gasteiger partial charge in [0.15, 0.2) is 12.6 Å². The number of hydrogen-bond acceptors (Lipinski definition) is 11. The van der Waals surface area contributed by atoms with Gasteiger partial charge in [0.1, 0.15) is 48.8 Å². The SMILES string of the molecule is OC[C@@H]1O[C@@H](O[C@H]2[C@H](O)[C@@H](O)[C@@H](O)O[C@H]2CO)[C@@H](O)[C@@H](O)[C@@H]1O. The summed E-state index contributed by atoms with van der Waals surface area (Å²) in [6.45, 7) is -1.35. The van der Waals surface area contributed by atoms with Gasteiger partial charge in [0.25, 0.3) is 0 Å². The molecule has 23 heavy (non-hydrogen) atoms. The molecule has 136 valence electrons. The van der Waals surface area contributed by atoms with Crippen LogP contribution in [0.3, 0.4) is 0 Å². The molecule has 0 spiro atoms. The Bertz CT molecular complexity index is 378. The summed E-state index contributed by atoms with van der Waals surface area (Å²) in [5.41, 5.74) is 0. The number of aliphatic hydroxyl groups excluding tert-OH is 8. The minimum Gasteiger partial charge on any atom is -0.394 e. The van der Waals surface area contributed by atoms with Crippen molar-refractivity contribution < 1.29 is 55.1 Å². The van der Waals surface area contributed by atoms with Gasteiger partial charge >= 0.3 is 0 Å². The Hall–Kier alpha value is -0.440. The highest BCUT2D eigenvalue weighted by molar-refractivity contribution is 4.93. The molecule has 8 N–H and O–H groups in total. The molecule has 0 amide bonds. The quantitative estimate of drug-likeness (QED) is 0.243. The van der Waals surface area contributed by atoms with Crippen molar-refractivity contribution in [2.75, 3.05) is 13.2 Å². The lowest BCUT2D eigenvalue weighted by atomic mass is 9.97. The second kappa shape index (κ2) is 7.63. The summed E-state index contributed by atoms with van der Waals surface area (Å²) >= 11 is 0. The molecular formula is C12H22O11. The van der Waals surface area contributed by atoms with Gasteiger partial charge in [0.2, 0.25) is 0 Å². The van der Waals surface area contributed by atoms with Crippen LogP contribution in [0.2, 0.25) is 0 Å². The highest BCUT2D eigenvalue weighted by Crippen LogP contribution is 2.28. The zero-order valence-electron chi connectivity index (χ0n) is 12.0. The maximum absolute atomic E-state index is 9.94.